The molecule has 0 saturated heterocycles. The number of anilines is 1. The number of aliphatic hydroxyl groups is 1. The van der Waals surface area contributed by atoms with Crippen molar-refractivity contribution in [2.24, 2.45) is 0 Å². The average Bonchev–Trinajstić information content (AvgIpc) is 3.10. The maximum atomic E-state index is 12.0. The number of hydrogen-bond donors (Lipinski definition) is 3. The Morgan fingerprint density at radius 3 is 3.00 bits per heavy atom. The van der Waals surface area contributed by atoms with Crippen LogP contribution in [0.4, 0.5) is 5.69 Å². The van der Waals surface area contributed by atoms with Crippen molar-refractivity contribution in [1.82, 2.24) is 9.88 Å². The second-order valence-electron chi connectivity index (χ2n) is 4.95. The predicted octanol–water partition coefficient (Wildman–Crippen LogP) is 1.30. The first kappa shape index (κ1) is 13.0. The highest BCUT2D eigenvalue weighted by Crippen LogP contribution is 2.37. The van der Waals surface area contributed by atoms with E-state index in [4.69, 9.17) is 5.73 Å². The summed E-state index contributed by atoms with van der Waals surface area (Å²) in [4.78, 5) is 12.0. The Kier molecular flexibility index (Phi) is 3.91. The van der Waals surface area contributed by atoms with Gasteiger partial charge in [-0.1, -0.05) is 13.3 Å². The molecular weight excluding hydrogens is 230 g/mol. The fourth-order valence-electron chi connectivity index (χ4n) is 2.07. The van der Waals surface area contributed by atoms with Crippen molar-refractivity contribution in [3.05, 3.63) is 18.0 Å². The molecule has 100 valence electrons. The largest absolute Gasteiger partial charge is 0.397 e. The van der Waals surface area contributed by atoms with Crippen LogP contribution in [-0.4, -0.2) is 28.2 Å². The number of amides is 1. The number of carbonyl (C=O) groups excluding carboxylic acids is 1. The van der Waals surface area contributed by atoms with Crippen LogP contribution in [0.3, 0.4) is 0 Å². The first-order valence-electron chi connectivity index (χ1n) is 6.55. The molecule has 0 bridgehead atoms. The maximum Gasteiger partial charge on any atom is 0.268 e. The highest BCUT2D eigenvalue weighted by Gasteiger charge is 2.27. The van der Waals surface area contributed by atoms with Gasteiger partial charge in [-0.05, 0) is 25.3 Å². The molecule has 1 unspecified atom stereocenters. The van der Waals surface area contributed by atoms with Crippen molar-refractivity contribution >= 4 is 11.6 Å². The van der Waals surface area contributed by atoms with Crippen molar-refractivity contribution in [1.29, 1.82) is 0 Å². The second-order valence-corrected chi connectivity index (χ2v) is 4.95. The molecule has 1 aliphatic carbocycles. The van der Waals surface area contributed by atoms with E-state index in [1.807, 2.05) is 17.7 Å². The van der Waals surface area contributed by atoms with Gasteiger partial charge in [-0.25, -0.2) is 0 Å². The summed E-state index contributed by atoms with van der Waals surface area (Å²) in [5.74, 6) is -0.159. The fraction of sp³-hybridized carbons (Fsp3) is 0.615. The van der Waals surface area contributed by atoms with Crippen LogP contribution in [0.25, 0.3) is 0 Å². The normalized spacial score (nSPS) is 16.6. The number of carbonyl (C=O) groups is 1. The number of aliphatic hydroxyl groups excluding tert-OH is 1. The molecule has 0 radical (unpaired) electrons. The Balaban J connectivity index is 1.96. The number of aromatic nitrogens is 1. The highest BCUT2D eigenvalue weighted by atomic mass is 16.3. The number of nitrogens with two attached hydrogens (primary N) is 1. The summed E-state index contributed by atoms with van der Waals surface area (Å²) in [7, 11) is 0. The molecule has 0 aromatic carbocycles. The Morgan fingerprint density at radius 1 is 1.67 bits per heavy atom. The van der Waals surface area contributed by atoms with E-state index in [2.05, 4.69) is 5.32 Å². The van der Waals surface area contributed by atoms with Crippen LogP contribution in [-0.2, 0) is 0 Å². The summed E-state index contributed by atoms with van der Waals surface area (Å²) in [6.07, 6.45) is 5.16. The Labute approximate surface area is 107 Å². The van der Waals surface area contributed by atoms with Crippen LogP contribution in [0.5, 0.6) is 0 Å². The third-order valence-corrected chi connectivity index (χ3v) is 3.16. The molecular formula is C13H21N3O2. The number of nitrogens with zero attached hydrogens (tertiary/aromatic N) is 1. The summed E-state index contributed by atoms with van der Waals surface area (Å²) in [5, 5.41) is 12.3. The van der Waals surface area contributed by atoms with E-state index in [0.29, 0.717) is 30.4 Å². The molecule has 1 saturated carbocycles. The minimum atomic E-state index is -0.472. The molecule has 0 aliphatic heterocycles. The monoisotopic (exact) mass is 251 g/mol. The zero-order chi connectivity index (χ0) is 13.1. The lowest BCUT2D eigenvalue weighted by Gasteiger charge is -2.12. The minimum absolute atomic E-state index is 0.159. The van der Waals surface area contributed by atoms with Gasteiger partial charge in [-0.2, -0.15) is 0 Å². The molecule has 1 aromatic heterocycles. The summed E-state index contributed by atoms with van der Waals surface area (Å²) in [6, 6.07) is 2.11. The third kappa shape index (κ3) is 3.04. The van der Waals surface area contributed by atoms with E-state index >= 15 is 0 Å². The minimum Gasteiger partial charge on any atom is -0.397 e. The van der Waals surface area contributed by atoms with Gasteiger partial charge in [0.05, 0.1) is 11.8 Å². The smallest absolute Gasteiger partial charge is 0.268 e. The molecule has 1 fully saturated rings. The van der Waals surface area contributed by atoms with E-state index < -0.39 is 6.10 Å². The molecule has 1 aromatic rings. The quantitative estimate of drug-likeness (QED) is 0.713. The van der Waals surface area contributed by atoms with Crippen molar-refractivity contribution in [2.45, 2.75) is 44.8 Å². The van der Waals surface area contributed by atoms with Gasteiger partial charge in [0.15, 0.2) is 0 Å². The average molecular weight is 251 g/mol. The Morgan fingerprint density at radius 2 is 2.39 bits per heavy atom. The van der Waals surface area contributed by atoms with Gasteiger partial charge in [-0.15, -0.1) is 0 Å². The first-order valence-corrected chi connectivity index (χ1v) is 6.55. The number of nitrogens with one attached hydrogen (secondary N) is 1. The third-order valence-electron chi connectivity index (χ3n) is 3.16. The first-order chi connectivity index (χ1) is 8.61. The zero-order valence-corrected chi connectivity index (χ0v) is 10.7. The predicted molar refractivity (Wildman–Crippen MR) is 70.4 cm³/mol. The van der Waals surface area contributed by atoms with Gasteiger partial charge in [0.2, 0.25) is 0 Å². The number of nitrogen functional groups attached to an aromatic ring is 1. The van der Waals surface area contributed by atoms with Crippen molar-refractivity contribution < 1.29 is 9.90 Å². The van der Waals surface area contributed by atoms with Crippen LogP contribution >= 0.6 is 0 Å². The van der Waals surface area contributed by atoms with Crippen molar-refractivity contribution in [3.8, 4) is 0 Å². The molecule has 2 rings (SSSR count). The molecule has 5 nitrogen and oxygen atoms in total. The molecule has 4 N–H and O–H groups in total. The van der Waals surface area contributed by atoms with Crippen LogP contribution in [0, 0.1) is 0 Å². The van der Waals surface area contributed by atoms with E-state index in [9.17, 15) is 9.90 Å². The summed E-state index contributed by atoms with van der Waals surface area (Å²) in [5.41, 5.74) is 6.94. The molecule has 5 heteroatoms. The van der Waals surface area contributed by atoms with E-state index in [1.165, 1.54) is 0 Å². The van der Waals surface area contributed by atoms with E-state index in [1.54, 1.807) is 6.07 Å². The van der Waals surface area contributed by atoms with E-state index in [0.717, 1.165) is 19.3 Å². The van der Waals surface area contributed by atoms with Crippen molar-refractivity contribution in [3.63, 3.8) is 0 Å². The summed E-state index contributed by atoms with van der Waals surface area (Å²) >= 11 is 0. The second kappa shape index (κ2) is 5.44. The molecule has 0 spiro atoms. The van der Waals surface area contributed by atoms with E-state index in [-0.39, 0.29) is 5.91 Å². The Bertz CT molecular complexity index is 424. The molecule has 1 atom stereocenters. The maximum absolute atomic E-state index is 12.0. The number of rotatable bonds is 6. The van der Waals surface area contributed by atoms with Gasteiger partial charge in [0.1, 0.15) is 5.69 Å². The van der Waals surface area contributed by atoms with Crippen LogP contribution in [0.15, 0.2) is 12.3 Å². The standard InChI is InChI=1S/C13H21N3O2/c1-2-3-11(17)7-15-13(18)12-6-9(14)8-16(12)10-4-5-10/h6,8,10-11,17H,2-5,7,14H2,1H3,(H,15,18). The summed E-state index contributed by atoms with van der Waals surface area (Å²) < 4.78 is 1.94. The van der Waals surface area contributed by atoms with Gasteiger partial charge < -0.3 is 20.7 Å². The number of hydrogen-bond acceptors (Lipinski definition) is 3. The lowest BCUT2D eigenvalue weighted by Crippen LogP contribution is -2.33. The molecule has 1 heterocycles. The molecule has 1 aliphatic rings. The topological polar surface area (TPSA) is 80.3 Å². The SMILES string of the molecule is CCCC(O)CNC(=O)c1cc(N)cn1C1CC1. The van der Waals surface area contributed by atoms with Crippen LogP contribution in [0.1, 0.15) is 49.1 Å². The van der Waals surface area contributed by atoms with Crippen LogP contribution < -0.4 is 11.1 Å². The highest BCUT2D eigenvalue weighted by molar-refractivity contribution is 5.93. The Hall–Kier alpha value is -1.49. The van der Waals surface area contributed by atoms with Crippen LogP contribution in [0.2, 0.25) is 0 Å². The fourth-order valence-corrected chi connectivity index (χ4v) is 2.07. The lowest BCUT2D eigenvalue weighted by atomic mass is 10.2. The molecule has 18 heavy (non-hydrogen) atoms. The summed E-state index contributed by atoms with van der Waals surface area (Å²) in [6.45, 7) is 2.30. The van der Waals surface area contributed by atoms with Gasteiger partial charge in [-0.3, -0.25) is 4.79 Å². The zero-order valence-electron chi connectivity index (χ0n) is 10.7. The molecule has 1 amide bonds. The van der Waals surface area contributed by atoms with Gasteiger partial charge >= 0.3 is 0 Å². The van der Waals surface area contributed by atoms with Gasteiger partial charge in [0, 0.05) is 18.8 Å². The van der Waals surface area contributed by atoms with Crippen molar-refractivity contribution in [2.75, 3.05) is 12.3 Å². The van der Waals surface area contributed by atoms with Gasteiger partial charge in [0.25, 0.3) is 5.91 Å². The lowest BCUT2D eigenvalue weighted by molar-refractivity contribution is 0.0901.